The van der Waals surface area contributed by atoms with E-state index in [1.165, 1.54) is 23.1 Å². The summed E-state index contributed by atoms with van der Waals surface area (Å²) in [5.74, 6) is 0.246. The molecule has 3 heterocycles. The van der Waals surface area contributed by atoms with Crippen LogP contribution in [0.1, 0.15) is 18.6 Å². The molecule has 0 bridgehead atoms. The van der Waals surface area contributed by atoms with Crippen molar-refractivity contribution >= 4 is 19.9 Å². The lowest BCUT2D eigenvalue weighted by Crippen LogP contribution is -2.42. The molecule has 0 atom stereocenters. The summed E-state index contributed by atoms with van der Waals surface area (Å²) in [6.45, 7) is 0.340. The van der Waals surface area contributed by atoms with Crippen molar-refractivity contribution in [2.75, 3.05) is 13.1 Å². The summed E-state index contributed by atoms with van der Waals surface area (Å²) in [4.78, 5) is 6.29. The molecule has 1 fully saturated rings. The van der Waals surface area contributed by atoms with Gasteiger partial charge in [0.15, 0.2) is 14.9 Å². The molecule has 2 aromatic heterocycles. The number of aromatic nitrogens is 2. The van der Waals surface area contributed by atoms with Crippen LogP contribution in [0.25, 0.3) is 0 Å². The van der Waals surface area contributed by atoms with Gasteiger partial charge in [0.25, 0.3) is 10.0 Å². The second kappa shape index (κ2) is 6.10. The van der Waals surface area contributed by atoms with Gasteiger partial charge in [0.2, 0.25) is 0 Å². The van der Waals surface area contributed by atoms with Crippen molar-refractivity contribution in [2.24, 2.45) is 0 Å². The van der Waals surface area contributed by atoms with Crippen molar-refractivity contribution in [1.82, 2.24) is 14.3 Å². The van der Waals surface area contributed by atoms with Gasteiger partial charge in [0.05, 0.1) is 24.0 Å². The summed E-state index contributed by atoms with van der Waals surface area (Å²) in [7, 11) is -7.00. The van der Waals surface area contributed by atoms with Crippen LogP contribution in [-0.4, -0.2) is 49.4 Å². The first-order chi connectivity index (χ1) is 10.9. The number of sulfonamides is 1. The molecule has 1 N–H and O–H groups in total. The summed E-state index contributed by atoms with van der Waals surface area (Å²) in [5.41, 5.74) is 0. The van der Waals surface area contributed by atoms with Crippen LogP contribution in [0.2, 0.25) is 0 Å². The molecule has 3 rings (SSSR count). The third-order valence-corrected chi connectivity index (χ3v) is 7.92. The highest BCUT2D eigenvalue weighted by molar-refractivity contribution is 7.91. The number of nitrogens with one attached hydrogen (secondary N) is 1. The fraction of sp³-hybridized carbons (Fsp3) is 0.462. The van der Waals surface area contributed by atoms with Gasteiger partial charge in [-0.25, -0.2) is 21.8 Å². The van der Waals surface area contributed by atoms with Gasteiger partial charge in [0.1, 0.15) is 11.5 Å². The highest BCUT2D eigenvalue weighted by Crippen LogP contribution is 2.25. The molecule has 23 heavy (non-hydrogen) atoms. The number of H-pyrrole nitrogens is 1. The Bertz CT molecular complexity index is 834. The van der Waals surface area contributed by atoms with E-state index in [1.807, 2.05) is 0 Å². The van der Waals surface area contributed by atoms with Crippen LogP contribution in [0, 0.1) is 0 Å². The molecule has 10 heteroatoms. The molecule has 1 aliphatic rings. The van der Waals surface area contributed by atoms with Crippen LogP contribution >= 0.6 is 0 Å². The van der Waals surface area contributed by atoms with Crippen molar-refractivity contribution in [3.63, 3.8) is 0 Å². The average molecular weight is 359 g/mol. The first kappa shape index (κ1) is 16.2. The summed E-state index contributed by atoms with van der Waals surface area (Å²) >= 11 is 0. The minimum atomic E-state index is -3.64. The van der Waals surface area contributed by atoms with Crippen LogP contribution in [0.5, 0.6) is 0 Å². The Labute approximate surface area is 134 Å². The second-order valence-corrected chi connectivity index (χ2v) is 9.59. The highest BCUT2D eigenvalue weighted by atomic mass is 32.2. The zero-order valence-electron chi connectivity index (χ0n) is 12.3. The number of furan rings is 1. The third-order valence-electron chi connectivity index (χ3n) is 3.92. The number of piperidine rings is 1. The summed E-state index contributed by atoms with van der Waals surface area (Å²) < 4.78 is 55.9. The zero-order chi connectivity index (χ0) is 16.5. The number of rotatable bonds is 5. The number of hydrogen-bond donors (Lipinski definition) is 1. The van der Waals surface area contributed by atoms with Gasteiger partial charge in [-0.15, -0.1) is 0 Å². The van der Waals surface area contributed by atoms with E-state index in [2.05, 4.69) is 9.97 Å². The van der Waals surface area contributed by atoms with Crippen molar-refractivity contribution in [3.8, 4) is 0 Å². The smallest absolute Gasteiger partial charge is 0.260 e. The molecule has 8 nitrogen and oxygen atoms in total. The molecule has 0 spiro atoms. The first-order valence-electron chi connectivity index (χ1n) is 7.12. The molecule has 0 amide bonds. The lowest BCUT2D eigenvalue weighted by molar-refractivity contribution is 0.344. The van der Waals surface area contributed by atoms with Crippen molar-refractivity contribution in [2.45, 2.75) is 28.9 Å². The second-order valence-electron chi connectivity index (χ2n) is 5.41. The first-order valence-corrected chi connectivity index (χ1v) is 10.3. The fourth-order valence-electron chi connectivity index (χ4n) is 2.67. The molecule has 126 valence electrons. The predicted molar refractivity (Wildman–Crippen MR) is 81.7 cm³/mol. The Morgan fingerprint density at radius 2 is 2.00 bits per heavy atom. The maximum Gasteiger partial charge on any atom is 0.260 e. The summed E-state index contributed by atoms with van der Waals surface area (Å²) in [5, 5.41) is -0.532. The van der Waals surface area contributed by atoms with E-state index in [-0.39, 0.29) is 36.7 Å². The molecule has 0 saturated carbocycles. The van der Waals surface area contributed by atoms with Crippen molar-refractivity contribution in [1.29, 1.82) is 0 Å². The van der Waals surface area contributed by atoms with E-state index in [0.29, 0.717) is 5.76 Å². The lowest BCUT2D eigenvalue weighted by atomic mass is 10.2. The number of hydrogen-bond acceptors (Lipinski definition) is 6. The normalized spacial score (nSPS) is 18.3. The molecular weight excluding hydrogens is 342 g/mol. The quantitative estimate of drug-likeness (QED) is 0.843. The van der Waals surface area contributed by atoms with Gasteiger partial charge in [-0.05, 0) is 25.0 Å². The molecule has 1 saturated heterocycles. The van der Waals surface area contributed by atoms with Gasteiger partial charge in [-0.2, -0.15) is 4.31 Å². The summed E-state index contributed by atoms with van der Waals surface area (Å²) in [6.07, 6.45) is 4.53. The Morgan fingerprint density at radius 1 is 1.26 bits per heavy atom. The number of sulfone groups is 1. The Morgan fingerprint density at radius 3 is 2.57 bits per heavy atom. The van der Waals surface area contributed by atoms with Crippen LogP contribution in [0.4, 0.5) is 0 Å². The SMILES string of the molecule is O=S(=O)(Cc1ccco1)C1CCN(S(=O)(=O)c2cnc[nH]2)CC1. The van der Waals surface area contributed by atoms with Crippen molar-refractivity contribution in [3.05, 3.63) is 36.7 Å². The minimum absolute atomic E-state index is 0.0226. The molecule has 0 unspecified atom stereocenters. The molecule has 0 radical (unpaired) electrons. The Balaban J connectivity index is 1.67. The van der Waals surface area contributed by atoms with Crippen LogP contribution in [0.3, 0.4) is 0 Å². The zero-order valence-corrected chi connectivity index (χ0v) is 13.9. The summed E-state index contributed by atoms with van der Waals surface area (Å²) in [6, 6.07) is 3.26. The van der Waals surface area contributed by atoms with Crippen molar-refractivity contribution < 1.29 is 21.3 Å². The maximum atomic E-state index is 12.4. The van der Waals surface area contributed by atoms with E-state index in [9.17, 15) is 16.8 Å². The van der Waals surface area contributed by atoms with Crippen LogP contribution in [-0.2, 0) is 25.6 Å². The molecular formula is C13H17N3O5S2. The minimum Gasteiger partial charge on any atom is -0.468 e. The Hall–Kier alpha value is -1.65. The van der Waals surface area contributed by atoms with E-state index in [1.54, 1.807) is 12.1 Å². The standard InChI is InChI=1S/C13H17N3O5S2/c17-22(18,9-11-2-1-7-21-11)12-3-5-16(6-4-12)23(19,20)13-8-14-10-15-13/h1-2,7-8,10,12H,3-6,9H2,(H,14,15). The Kier molecular flexibility index (Phi) is 4.30. The van der Waals surface area contributed by atoms with E-state index in [0.717, 1.165) is 0 Å². The van der Waals surface area contributed by atoms with Gasteiger partial charge in [-0.3, -0.25) is 0 Å². The van der Waals surface area contributed by atoms with Crippen LogP contribution in [0.15, 0.2) is 40.4 Å². The highest BCUT2D eigenvalue weighted by Gasteiger charge is 2.35. The molecule has 0 aliphatic carbocycles. The van der Waals surface area contributed by atoms with Gasteiger partial charge < -0.3 is 9.40 Å². The van der Waals surface area contributed by atoms with E-state index >= 15 is 0 Å². The number of nitrogens with zero attached hydrogens (tertiary/aromatic N) is 2. The molecule has 1 aliphatic heterocycles. The average Bonchev–Trinajstić information content (AvgIpc) is 3.20. The number of imidazole rings is 1. The lowest BCUT2D eigenvalue weighted by Gasteiger charge is -2.30. The number of aromatic amines is 1. The van der Waals surface area contributed by atoms with E-state index < -0.39 is 25.1 Å². The predicted octanol–water partition coefficient (Wildman–Crippen LogP) is 0.771. The molecule has 2 aromatic rings. The monoisotopic (exact) mass is 359 g/mol. The van der Waals surface area contributed by atoms with Crippen LogP contribution < -0.4 is 0 Å². The van der Waals surface area contributed by atoms with Gasteiger partial charge >= 0.3 is 0 Å². The fourth-order valence-corrected chi connectivity index (χ4v) is 5.76. The molecule has 0 aromatic carbocycles. The topological polar surface area (TPSA) is 113 Å². The van der Waals surface area contributed by atoms with Gasteiger partial charge in [0, 0.05) is 13.1 Å². The largest absolute Gasteiger partial charge is 0.468 e. The van der Waals surface area contributed by atoms with Gasteiger partial charge in [-0.1, -0.05) is 0 Å². The third kappa shape index (κ3) is 3.33. The van der Waals surface area contributed by atoms with E-state index in [4.69, 9.17) is 4.42 Å². The maximum absolute atomic E-state index is 12.4.